The first-order valence-electron chi connectivity index (χ1n) is 9.23. The number of halogens is 1. The van der Waals surface area contributed by atoms with E-state index in [-0.39, 0.29) is 24.7 Å². The number of hydrogen-bond donors (Lipinski definition) is 2. The van der Waals surface area contributed by atoms with Crippen LogP contribution in [0.5, 0.6) is 17.2 Å². The zero-order chi connectivity index (χ0) is 21.9. The van der Waals surface area contributed by atoms with E-state index in [0.717, 1.165) is 9.13 Å². The normalized spacial score (nSPS) is 10.5. The maximum absolute atomic E-state index is 12.1. The molecule has 2 N–H and O–H groups in total. The first kappa shape index (κ1) is 23.5. The molecule has 0 aliphatic carbocycles. The second-order valence-corrected chi connectivity index (χ2v) is 7.17. The minimum Gasteiger partial charge on any atom is -0.495 e. The third kappa shape index (κ3) is 6.90. The van der Waals surface area contributed by atoms with Gasteiger partial charge < -0.3 is 19.5 Å². The highest BCUT2D eigenvalue weighted by molar-refractivity contribution is 14.1. The van der Waals surface area contributed by atoms with E-state index in [1.807, 2.05) is 13.0 Å². The highest BCUT2D eigenvalue weighted by Gasteiger charge is 2.11. The Morgan fingerprint density at radius 1 is 1.07 bits per heavy atom. The molecule has 0 saturated carbocycles. The van der Waals surface area contributed by atoms with Crippen LogP contribution in [0.4, 0.5) is 5.69 Å². The van der Waals surface area contributed by atoms with E-state index in [9.17, 15) is 9.59 Å². The summed E-state index contributed by atoms with van der Waals surface area (Å²) in [5, 5.41) is 6.67. The number of anilines is 1. The minimum absolute atomic E-state index is 0.00244. The predicted molar refractivity (Wildman–Crippen MR) is 123 cm³/mol. The summed E-state index contributed by atoms with van der Waals surface area (Å²) in [5.41, 5.74) is 3.72. The van der Waals surface area contributed by atoms with E-state index in [4.69, 9.17) is 14.2 Å². The molecule has 8 nitrogen and oxygen atoms in total. The first-order valence-corrected chi connectivity index (χ1v) is 10.3. The Bertz CT molecular complexity index is 918. The third-order valence-electron chi connectivity index (χ3n) is 3.90. The van der Waals surface area contributed by atoms with Crippen LogP contribution in [0.2, 0.25) is 0 Å². The Morgan fingerprint density at radius 2 is 1.77 bits per heavy atom. The molecule has 0 radical (unpaired) electrons. The molecule has 0 bridgehead atoms. The van der Waals surface area contributed by atoms with Crippen LogP contribution in [0.1, 0.15) is 25.3 Å². The summed E-state index contributed by atoms with van der Waals surface area (Å²) < 4.78 is 17.0. The molecule has 0 aromatic heterocycles. The summed E-state index contributed by atoms with van der Waals surface area (Å²) in [4.78, 5) is 24.0. The number of hydrogen-bond acceptors (Lipinski definition) is 6. The van der Waals surface area contributed by atoms with Crippen LogP contribution in [0.15, 0.2) is 41.5 Å². The maximum Gasteiger partial charge on any atom is 0.240 e. The predicted octanol–water partition coefficient (Wildman–Crippen LogP) is 3.58. The van der Waals surface area contributed by atoms with Crippen LogP contribution in [-0.4, -0.2) is 38.9 Å². The molecule has 30 heavy (non-hydrogen) atoms. The van der Waals surface area contributed by atoms with Gasteiger partial charge in [0.1, 0.15) is 5.75 Å². The number of hydrazone groups is 1. The van der Waals surface area contributed by atoms with E-state index < -0.39 is 0 Å². The summed E-state index contributed by atoms with van der Waals surface area (Å²) >= 11 is 2.15. The van der Waals surface area contributed by atoms with Gasteiger partial charge in [-0.3, -0.25) is 9.59 Å². The Kier molecular flexibility index (Phi) is 9.39. The van der Waals surface area contributed by atoms with Crippen molar-refractivity contribution < 1.29 is 23.8 Å². The van der Waals surface area contributed by atoms with E-state index in [1.54, 1.807) is 37.4 Å². The fourth-order valence-electron chi connectivity index (χ4n) is 2.52. The van der Waals surface area contributed by atoms with Gasteiger partial charge in [-0.25, -0.2) is 5.43 Å². The smallest absolute Gasteiger partial charge is 0.240 e. The summed E-state index contributed by atoms with van der Waals surface area (Å²) in [6.07, 6.45) is 1.53. The van der Waals surface area contributed by atoms with Crippen LogP contribution >= 0.6 is 22.6 Å². The molecule has 0 saturated heterocycles. The maximum atomic E-state index is 12.1. The van der Waals surface area contributed by atoms with Crippen LogP contribution in [0, 0.1) is 3.57 Å². The Balaban J connectivity index is 1.86. The van der Waals surface area contributed by atoms with Gasteiger partial charge in [0.05, 0.1) is 36.3 Å². The molecule has 2 rings (SSSR count). The molecule has 2 aromatic rings. The molecule has 9 heteroatoms. The molecule has 160 valence electrons. The zero-order valence-electron chi connectivity index (χ0n) is 17.0. The Labute approximate surface area is 189 Å². The van der Waals surface area contributed by atoms with Crippen molar-refractivity contribution in [1.82, 2.24) is 5.43 Å². The molecule has 0 spiro atoms. The summed E-state index contributed by atoms with van der Waals surface area (Å²) in [6.45, 7) is 2.43. The number of amides is 2. The largest absolute Gasteiger partial charge is 0.495 e. The topological polar surface area (TPSA) is 98.2 Å². The van der Waals surface area contributed by atoms with Crippen LogP contribution in [0.3, 0.4) is 0 Å². The van der Waals surface area contributed by atoms with Gasteiger partial charge in [-0.1, -0.05) is 12.1 Å². The molecular weight excluding hydrogens is 501 g/mol. The summed E-state index contributed by atoms with van der Waals surface area (Å²) in [6, 6.07) is 10.7. The number of methoxy groups -OCH3 is 2. The lowest BCUT2D eigenvalue weighted by Crippen LogP contribution is -2.20. The standard InChI is InChI=1S/C21H24IN3O5/c1-4-30-21-15(22)11-14(12-18(21)29-3)13-23-25-20(27)10-9-19(26)24-16-7-5-6-8-17(16)28-2/h5-8,11-13H,4,9-10H2,1-3H3,(H,24,26)(H,25,27). The second-order valence-electron chi connectivity index (χ2n) is 6.01. The average Bonchev–Trinajstić information content (AvgIpc) is 2.74. The number of rotatable bonds is 10. The number of nitrogens with zero attached hydrogens (tertiary/aromatic N) is 1. The van der Waals surface area contributed by atoms with Crippen molar-refractivity contribution in [2.24, 2.45) is 5.10 Å². The van der Waals surface area contributed by atoms with Crippen molar-refractivity contribution in [1.29, 1.82) is 0 Å². The van der Waals surface area contributed by atoms with Gasteiger partial charge >= 0.3 is 0 Å². The molecule has 0 aliphatic heterocycles. The second kappa shape index (κ2) is 12.0. The van der Waals surface area contributed by atoms with Gasteiger partial charge in [0, 0.05) is 12.8 Å². The van der Waals surface area contributed by atoms with Crippen LogP contribution < -0.4 is 25.0 Å². The Hall–Kier alpha value is -2.82. The lowest BCUT2D eigenvalue weighted by molar-refractivity contribution is -0.124. The van der Waals surface area contributed by atoms with Crippen LogP contribution in [0.25, 0.3) is 0 Å². The van der Waals surface area contributed by atoms with Gasteiger partial charge in [0.2, 0.25) is 11.8 Å². The van der Waals surface area contributed by atoms with E-state index in [0.29, 0.717) is 29.5 Å². The first-order chi connectivity index (χ1) is 14.5. The molecule has 0 fully saturated rings. The third-order valence-corrected chi connectivity index (χ3v) is 4.70. The van der Waals surface area contributed by atoms with Crippen molar-refractivity contribution in [2.75, 3.05) is 26.1 Å². The molecule has 0 heterocycles. The lowest BCUT2D eigenvalue weighted by Gasteiger charge is -2.12. The fraction of sp³-hybridized carbons (Fsp3) is 0.286. The molecule has 2 aromatic carbocycles. The van der Waals surface area contributed by atoms with Crippen LogP contribution in [-0.2, 0) is 9.59 Å². The van der Waals surface area contributed by atoms with Crippen molar-refractivity contribution in [2.45, 2.75) is 19.8 Å². The van der Waals surface area contributed by atoms with E-state index in [1.165, 1.54) is 13.3 Å². The van der Waals surface area contributed by atoms with E-state index in [2.05, 4.69) is 38.4 Å². The Morgan fingerprint density at radius 3 is 2.47 bits per heavy atom. The lowest BCUT2D eigenvalue weighted by atomic mass is 10.2. The van der Waals surface area contributed by atoms with Gasteiger partial charge in [0.15, 0.2) is 11.5 Å². The number of carbonyl (C=O) groups is 2. The SMILES string of the molecule is CCOc1c(I)cc(C=NNC(=O)CCC(=O)Nc2ccccc2OC)cc1OC. The summed E-state index contributed by atoms with van der Waals surface area (Å²) in [7, 11) is 3.09. The van der Waals surface area contributed by atoms with Gasteiger partial charge in [0.25, 0.3) is 0 Å². The van der Waals surface area contributed by atoms with Gasteiger partial charge in [-0.2, -0.15) is 5.10 Å². The molecule has 0 unspecified atom stereocenters. The number of para-hydroxylation sites is 2. The van der Waals surface area contributed by atoms with E-state index >= 15 is 0 Å². The zero-order valence-corrected chi connectivity index (χ0v) is 19.2. The number of ether oxygens (including phenoxy) is 3. The number of benzene rings is 2. The molecule has 0 atom stereocenters. The van der Waals surface area contributed by atoms with Gasteiger partial charge in [-0.15, -0.1) is 0 Å². The average molecular weight is 525 g/mol. The van der Waals surface area contributed by atoms with Crippen molar-refractivity contribution in [3.8, 4) is 17.2 Å². The van der Waals surface area contributed by atoms with Crippen molar-refractivity contribution in [3.05, 3.63) is 45.5 Å². The number of nitrogens with one attached hydrogen (secondary N) is 2. The highest BCUT2D eigenvalue weighted by Crippen LogP contribution is 2.33. The van der Waals surface area contributed by atoms with Crippen molar-refractivity contribution in [3.63, 3.8) is 0 Å². The monoisotopic (exact) mass is 525 g/mol. The molecule has 2 amide bonds. The summed E-state index contributed by atoms with van der Waals surface area (Å²) in [5.74, 6) is 1.16. The molecular formula is C21H24IN3O5. The van der Waals surface area contributed by atoms with Crippen molar-refractivity contribution >= 4 is 46.3 Å². The number of carbonyl (C=O) groups excluding carboxylic acids is 2. The minimum atomic E-state index is -0.367. The highest BCUT2D eigenvalue weighted by atomic mass is 127. The van der Waals surface area contributed by atoms with Gasteiger partial charge in [-0.05, 0) is 59.3 Å². The molecule has 0 aliphatic rings. The quantitative estimate of drug-likeness (QED) is 0.281. The fourth-order valence-corrected chi connectivity index (χ4v) is 3.30.